The summed E-state index contributed by atoms with van der Waals surface area (Å²) in [6, 6.07) is 26.7. The molecule has 2 heterocycles. The molecule has 0 saturated heterocycles. The van der Waals surface area contributed by atoms with Gasteiger partial charge in [-0.15, -0.1) is 0 Å². The highest BCUT2D eigenvalue weighted by Crippen LogP contribution is 2.24. The van der Waals surface area contributed by atoms with E-state index in [1.54, 1.807) is 12.4 Å². The van der Waals surface area contributed by atoms with Gasteiger partial charge in [0, 0.05) is 24.6 Å². The molecule has 0 radical (unpaired) electrons. The quantitative estimate of drug-likeness (QED) is 0.434. The second kappa shape index (κ2) is 8.59. The van der Waals surface area contributed by atoms with E-state index in [1.165, 1.54) is 4.68 Å². The summed E-state index contributed by atoms with van der Waals surface area (Å²) in [7, 11) is 0. The van der Waals surface area contributed by atoms with Crippen LogP contribution in [0.3, 0.4) is 0 Å². The molecule has 162 valence electrons. The van der Waals surface area contributed by atoms with Crippen LogP contribution in [0, 0.1) is 6.92 Å². The third-order valence-corrected chi connectivity index (χ3v) is 5.57. The van der Waals surface area contributed by atoms with Crippen molar-refractivity contribution in [2.24, 2.45) is 0 Å². The first-order valence-corrected chi connectivity index (χ1v) is 10.7. The lowest BCUT2D eigenvalue weighted by Gasteiger charge is -2.14. The first-order valence-electron chi connectivity index (χ1n) is 10.7. The van der Waals surface area contributed by atoms with Crippen LogP contribution in [0.2, 0.25) is 0 Å². The zero-order valence-electron chi connectivity index (χ0n) is 18.1. The van der Waals surface area contributed by atoms with Crippen molar-refractivity contribution in [2.45, 2.75) is 13.5 Å². The largest absolute Gasteiger partial charge is 0.348 e. The lowest BCUT2D eigenvalue weighted by Crippen LogP contribution is -2.18. The molecule has 2 aliphatic heterocycles. The fraction of sp³-hybridized carbons (Fsp3) is 0.0741. The molecule has 0 saturated carbocycles. The molecule has 0 aromatic heterocycles. The van der Waals surface area contributed by atoms with Crippen LogP contribution in [0.25, 0.3) is 16.9 Å². The molecule has 0 spiro atoms. The van der Waals surface area contributed by atoms with Crippen molar-refractivity contribution in [3.8, 4) is 16.9 Å². The van der Waals surface area contributed by atoms with Gasteiger partial charge in [0.25, 0.3) is 11.5 Å². The number of carbonyl (C=O) groups is 1. The summed E-state index contributed by atoms with van der Waals surface area (Å²) >= 11 is 0. The Hall–Kier alpha value is -4.45. The van der Waals surface area contributed by atoms with Crippen LogP contribution >= 0.6 is 0 Å². The number of nitrogens with zero attached hydrogens (tertiary/aromatic N) is 3. The molecule has 5 rings (SSSR count). The molecule has 33 heavy (non-hydrogen) atoms. The second-order valence-electron chi connectivity index (χ2n) is 7.91. The number of fused-ring (bicyclic) bond motifs is 1. The number of aromatic nitrogens is 3. The highest BCUT2D eigenvalue weighted by molar-refractivity contribution is 6.08. The van der Waals surface area contributed by atoms with Gasteiger partial charge < -0.3 is 9.88 Å². The molecule has 0 unspecified atom stereocenters. The third kappa shape index (κ3) is 4.06. The Labute approximate surface area is 191 Å². The zero-order chi connectivity index (χ0) is 22.8. The van der Waals surface area contributed by atoms with Crippen molar-refractivity contribution in [1.82, 2.24) is 14.3 Å². The molecule has 0 fully saturated rings. The summed E-state index contributed by atoms with van der Waals surface area (Å²) in [5.41, 5.74) is 4.25. The number of pyridine rings is 1. The molecule has 6 heteroatoms. The summed E-state index contributed by atoms with van der Waals surface area (Å²) in [5, 5.41) is 7.52. The summed E-state index contributed by atoms with van der Waals surface area (Å²) < 4.78 is 3.21. The number of rotatable bonds is 5. The van der Waals surface area contributed by atoms with Gasteiger partial charge >= 0.3 is 0 Å². The highest BCUT2D eigenvalue weighted by atomic mass is 16.2. The Morgan fingerprint density at radius 2 is 1.55 bits per heavy atom. The number of amides is 1. The van der Waals surface area contributed by atoms with Crippen LogP contribution in [0.1, 0.15) is 21.5 Å². The summed E-state index contributed by atoms with van der Waals surface area (Å²) in [6.07, 6.45) is 3.52. The number of carbonyl (C=O) groups excluding carboxylic acids is 1. The first kappa shape index (κ1) is 20.5. The van der Waals surface area contributed by atoms with E-state index in [-0.39, 0.29) is 11.5 Å². The predicted octanol–water partition coefficient (Wildman–Crippen LogP) is 4.75. The van der Waals surface area contributed by atoms with Crippen LogP contribution < -0.4 is 10.9 Å². The van der Waals surface area contributed by atoms with Gasteiger partial charge in [-0.05, 0) is 36.2 Å². The Morgan fingerprint density at radius 1 is 0.879 bits per heavy atom. The summed E-state index contributed by atoms with van der Waals surface area (Å²) in [6.45, 7) is 2.46. The highest BCUT2D eigenvalue weighted by Gasteiger charge is 2.24. The van der Waals surface area contributed by atoms with Gasteiger partial charge in [-0.3, -0.25) is 9.59 Å². The molecule has 0 atom stereocenters. The van der Waals surface area contributed by atoms with E-state index in [4.69, 9.17) is 0 Å². The second-order valence-corrected chi connectivity index (χ2v) is 7.91. The van der Waals surface area contributed by atoms with Crippen molar-refractivity contribution in [3.05, 3.63) is 124 Å². The van der Waals surface area contributed by atoms with Crippen LogP contribution in [-0.2, 0) is 6.54 Å². The maximum absolute atomic E-state index is 13.4. The van der Waals surface area contributed by atoms with Gasteiger partial charge in [0.05, 0.1) is 16.8 Å². The lowest BCUT2D eigenvalue weighted by molar-refractivity contribution is 0.102. The number of aryl methyl sites for hydroxylation is 1. The topological polar surface area (TPSA) is 68.9 Å². The van der Waals surface area contributed by atoms with Crippen molar-refractivity contribution >= 4 is 11.6 Å². The van der Waals surface area contributed by atoms with Gasteiger partial charge in [0.15, 0.2) is 0 Å². The smallest absolute Gasteiger partial charge is 0.282 e. The van der Waals surface area contributed by atoms with E-state index in [1.807, 2.05) is 96.4 Å². The molecule has 2 aliphatic rings. The summed E-state index contributed by atoms with van der Waals surface area (Å²) in [5.74, 6) is -0.311. The number of para-hydroxylation sites is 2. The summed E-state index contributed by atoms with van der Waals surface area (Å²) in [4.78, 5) is 26.6. The number of anilines is 1. The Kier molecular flexibility index (Phi) is 5.32. The van der Waals surface area contributed by atoms with Gasteiger partial charge in [-0.1, -0.05) is 66.7 Å². The van der Waals surface area contributed by atoms with Gasteiger partial charge in [0.1, 0.15) is 5.69 Å². The van der Waals surface area contributed by atoms with Crippen molar-refractivity contribution in [3.63, 3.8) is 0 Å². The maximum Gasteiger partial charge on any atom is 0.282 e. The first-order chi connectivity index (χ1) is 16.1. The molecule has 0 bridgehead atoms. The van der Waals surface area contributed by atoms with Crippen LogP contribution in [-0.4, -0.2) is 20.3 Å². The number of hydrogen-bond donors (Lipinski definition) is 1. The van der Waals surface area contributed by atoms with Gasteiger partial charge in [-0.25, -0.2) is 0 Å². The fourth-order valence-electron chi connectivity index (χ4n) is 3.86. The van der Waals surface area contributed by atoms with Crippen LogP contribution in [0.5, 0.6) is 0 Å². The average molecular weight is 434 g/mol. The standard InChI is InChI=1S/C27H22N4O2/c1-19-10-8-9-15-24(19)28-26(32)22-17-30(16-20-11-4-2-5-12-20)18-23-25(22)29-31(27(23)33)21-13-6-3-7-14-21/h2-15,17-18H,16H2,1H3,(H,28,32). The Balaban J connectivity index is 1.64. The normalized spacial score (nSPS) is 10.9. The van der Waals surface area contributed by atoms with Crippen LogP contribution in [0.4, 0.5) is 5.69 Å². The molecule has 0 aliphatic carbocycles. The maximum atomic E-state index is 13.4. The van der Waals surface area contributed by atoms with Crippen molar-refractivity contribution < 1.29 is 4.79 Å². The molecular weight excluding hydrogens is 412 g/mol. The van der Waals surface area contributed by atoms with E-state index >= 15 is 0 Å². The van der Waals surface area contributed by atoms with E-state index in [0.717, 1.165) is 16.8 Å². The number of hydrogen-bond acceptors (Lipinski definition) is 3. The molecule has 3 aromatic rings. The molecule has 6 nitrogen and oxygen atoms in total. The molecule has 1 amide bonds. The lowest BCUT2D eigenvalue weighted by atomic mass is 10.1. The minimum absolute atomic E-state index is 0.261. The van der Waals surface area contributed by atoms with Crippen molar-refractivity contribution in [2.75, 3.05) is 5.32 Å². The molecular formula is C27H22N4O2. The van der Waals surface area contributed by atoms with E-state index < -0.39 is 0 Å². The number of benzene rings is 3. The zero-order valence-corrected chi connectivity index (χ0v) is 18.1. The Morgan fingerprint density at radius 3 is 2.27 bits per heavy atom. The third-order valence-electron chi connectivity index (χ3n) is 5.57. The van der Waals surface area contributed by atoms with Crippen molar-refractivity contribution in [1.29, 1.82) is 0 Å². The predicted molar refractivity (Wildman–Crippen MR) is 129 cm³/mol. The van der Waals surface area contributed by atoms with Gasteiger partial charge in [-0.2, -0.15) is 9.78 Å². The fourth-order valence-corrected chi connectivity index (χ4v) is 3.86. The van der Waals surface area contributed by atoms with Crippen LogP contribution in [0.15, 0.2) is 102 Å². The SMILES string of the molecule is Cc1ccccc1NC(=O)c1cn(Cc2ccccc2)cc2c(=O)n(-c3ccccc3)nc1-2. The Bertz CT molecular complexity index is 1450. The van der Waals surface area contributed by atoms with Gasteiger partial charge in [0.2, 0.25) is 0 Å². The molecule has 3 aromatic carbocycles. The minimum Gasteiger partial charge on any atom is -0.348 e. The average Bonchev–Trinajstić information content (AvgIpc) is 3.17. The van der Waals surface area contributed by atoms with E-state index in [9.17, 15) is 9.59 Å². The molecule has 1 N–H and O–H groups in total. The number of nitrogens with one attached hydrogen (secondary N) is 1. The minimum atomic E-state index is -0.311. The van der Waals surface area contributed by atoms with E-state index in [0.29, 0.717) is 29.1 Å². The van der Waals surface area contributed by atoms with E-state index in [2.05, 4.69) is 10.4 Å². The monoisotopic (exact) mass is 434 g/mol.